The molecule has 1 fully saturated rings. The van der Waals surface area contributed by atoms with Gasteiger partial charge in [-0.3, -0.25) is 9.59 Å². The summed E-state index contributed by atoms with van der Waals surface area (Å²) in [6.07, 6.45) is 3.14. The first-order valence-electron chi connectivity index (χ1n) is 7.32. The quantitative estimate of drug-likeness (QED) is 0.818. The number of aliphatic hydroxyl groups excluding tert-OH is 1. The van der Waals surface area contributed by atoms with Crippen molar-refractivity contribution in [3.8, 4) is 0 Å². The van der Waals surface area contributed by atoms with Gasteiger partial charge < -0.3 is 10.4 Å². The Morgan fingerprint density at radius 2 is 1.81 bits per heavy atom. The second kappa shape index (κ2) is 7.31. The summed E-state index contributed by atoms with van der Waals surface area (Å²) in [5.74, 6) is -0.804. The maximum Gasteiger partial charge on any atom is 0.220 e. The first-order valence-corrected chi connectivity index (χ1v) is 7.32. The van der Waals surface area contributed by atoms with E-state index in [4.69, 9.17) is 0 Å². The summed E-state index contributed by atoms with van der Waals surface area (Å²) in [7, 11) is 0. The van der Waals surface area contributed by atoms with Gasteiger partial charge in [-0.25, -0.2) is 4.39 Å². The number of Topliss-reactive ketones (excluding diaryl/α,β-unsaturated/α-hetero) is 1. The summed E-state index contributed by atoms with van der Waals surface area (Å²) < 4.78 is 12.8. The second-order valence-electron chi connectivity index (χ2n) is 5.46. The lowest BCUT2D eigenvalue weighted by atomic mass is 9.92. The number of amides is 1. The fourth-order valence-electron chi connectivity index (χ4n) is 2.57. The van der Waals surface area contributed by atoms with Crippen LogP contribution in [0.15, 0.2) is 24.3 Å². The van der Waals surface area contributed by atoms with Crippen LogP contribution in [-0.4, -0.2) is 28.9 Å². The molecular formula is C16H20FNO3. The van der Waals surface area contributed by atoms with Crippen LogP contribution < -0.4 is 5.32 Å². The molecule has 0 spiro atoms. The minimum atomic E-state index is -0.490. The molecule has 114 valence electrons. The highest BCUT2D eigenvalue weighted by molar-refractivity contribution is 5.97. The van der Waals surface area contributed by atoms with Gasteiger partial charge in [0.15, 0.2) is 5.78 Å². The van der Waals surface area contributed by atoms with Gasteiger partial charge in [-0.1, -0.05) is 12.8 Å². The molecule has 1 amide bonds. The summed E-state index contributed by atoms with van der Waals surface area (Å²) in [5.41, 5.74) is 0.405. The molecule has 4 nitrogen and oxygen atoms in total. The van der Waals surface area contributed by atoms with Crippen molar-refractivity contribution in [2.45, 2.75) is 50.7 Å². The molecule has 1 saturated carbocycles. The third-order valence-electron chi connectivity index (χ3n) is 3.82. The number of carbonyl (C=O) groups excluding carboxylic acids is 2. The molecule has 21 heavy (non-hydrogen) atoms. The highest BCUT2D eigenvalue weighted by Crippen LogP contribution is 2.18. The molecule has 1 aliphatic rings. The largest absolute Gasteiger partial charge is 0.391 e. The number of nitrogens with one attached hydrogen (secondary N) is 1. The molecule has 5 heteroatoms. The lowest BCUT2D eigenvalue weighted by molar-refractivity contribution is -0.123. The number of benzene rings is 1. The zero-order valence-electron chi connectivity index (χ0n) is 11.8. The lowest BCUT2D eigenvalue weighted by Gasteiger charge is -2.28. The molecule has 0 aliphatic heterocycles. The highest BCUT2D eigenvalue weighted by Gasteiger charge is 2.24. The monoisotopic (exact) mass is 293 g/mol. The predicted octanol–water partition coefficient (Wildman–Crippen LogP) is 2.21. The van der Waals surface area contributed by atoms with Crippen molar-refractivity contribution in [2.24, 2.45) is 0 Å². The van der Waals surface area contributed by atoms with Crippen LogP contribution in [0.25, 0.3) is 0 Å². The number of carbonyl (C=O) groups is 2. The Morgan fingerprint density at radius 1 is 1.14 bits per heavy atom. The molecule has 0 saturated heterocycles. The fraction of sp³-hybridized carbons (Fsp3) is 0.500. The Kier molecular flexibility index (Phi) is 5.44. The van der Waals surface area contributed by atoms with E-state index in [9.17, 15) is 19.1 Å². The van der Waals surface area contributed by atoms with Gasteiger partial charge in [0.2, 0.25) is 5.91 Å². The molecule has 0 aromatic heterocycles. The van der Waals surface area contributed by atoms with Gasteiger partial charge in [0.25, 0.3) is 0 Å². The minimum Gasteiger partial charge on any atom is -0.391 e. The Labute approximate surface area is 123 Å². The number of hydrogen-bond donors (Lipinski definition) is 2. The zero-order chi connectivity index (χ0) is 15.2. The van der Waals surface area contributed by atoms with Crippen LogP contribution in [0.5, 0.6) is 0 Å². The predicted molar refractivity (Wildman–Crippen MR) is 76.4 cm³/mol. The van der Waals surface area contributed by atoms with E-state index in [1.54, 1.807) is 0 Å². The van der Waals surface area contributed by atoms with Crippen molar-refractivity contribution in [2.75, 3.05) is 0 Å². The number of rotatable bonds is 5. The van der Waals surface area contributed by atoms with Crippen LogP contribution in [0.1, 0.15) is 48.9 Å². The molecule has 2 atom stereocenters. The van der Waals surface area contributed by atoms with Crippen LogP contribution in [0.3, 0.4) is 0 Å². The topological polar surface area (TPSA) is 66.4 Å². The second-order valence-corrected chi connectivity index (χ2v) is 5.46. The van der Waals surface area contributed by atoms with Gasteiger partial charge >= 0.3 is 0 Å². The third kappa shape index (κ3) is 4.63. The molecule has 0 bridgehead atoms. The molecule has 0 radical (unpaired) electrons. The summed E-state index contributed by atoms with van der Waals surface area (Å²) >= 11 is 0. The standard InChI is InChI=1S/C16H20FNO3/c17-12-7-5-11(6-8-12)14(19)9-10-16(21)18-13-3-1-2-4-15(13)20/h5-8,13,15,20H,1-4,9-10H2,(H,18,21). The van der Waals surface area contributed by atoms with Crippen molar-refractivity contribution < 1.29 is 19.1 Å². The van der Waals surface area contributed by atoms with E-state index in [0.717, 1.165) is 19.3 Å². The average molecular weight is 293 g/mol. The van der Waals surface area contributed by atoms with E-state index in [-0.39, 0.29) is 30.6 Å². The number of ketones is 1. The Morgan fingerprint density at radius 3 is 2.48 bits per heavy atom. The average Bonchev–Trinajstić information content (AvgIpc) is 2.48. The Hall–Kier alpha value is -1.75. The smallest absolute Gasteiger partial charge is 0.220 e. The normalized spacial score (nSPS) is 21.8. The first kappa shape index (κ1) is 15.6. The van der Waals surface area contributed by atoms with E-state index >= 15 is 0 Å². The van der Waals surface area contributed by atoms with Gasteiger partial charge in [0.05, 0.1) is 12.1 Å². The van der Waals surface area contributed by atoms with Gasteiger partial charge in [0.1, 0.15) is 5.82 Å². The van der Waals surface area contributed by atoms with E-state index in [1.807, 2.05) is 0 Å². The van der Waals surface area contributed by atoms with E-state index < -0.39 is 11.9 Å². The van der Waals surface area contributed by atoms with Crippen LogP contribution in [-0.2, 0) is 4.79 Å². The van der Waals surface area contributed by atoms with Crippen LogP contribution in [0.4, 0.5) is 4.39 Å². The SMILES string of the molecule is O=C(CCC(=O)c1ccc(F)cc1)NC1CCCCC1O. The molecule has 2 N–H and O–H groups in total. The van der Waals surface area contributed by atoms with Gasteiger partial charge in [-0.2, -0.15) is 0 Å². The molecule has 1 aromatic rings. The Balaban J connectivity index is 1.78. The zero-order valence-corrected chi connectivity index (χ0v) is 11.8. The van der Waals surface area contributed by atoms with E-state index in [0.29, 0.717) is 12.0 Å². The maximum atomic E-state index is 12.8. The lowest BCUT2D eigenvalue weighted by Crippen LogP contribution is -2.45. The van der Waals surface area contributed by atoms with Crippen molar-refractivity contribution in [1.29, 1.82) is 0 Å². The molecular weight excluding hydrogens is 273 g/mol. The number of hydrogen-bond acceptors (Lipinski definition) is 3. The summed E-state index contributed by atoms with van der Waals surface area (Å²) in [6, 6.07) is 5.09. The van der Waals surface area contributed by atoms with E-state index in [2.05, 4.69) is 5.32 Å². The van der Waals surface area contributed by atoms with Crippen molar-refractivity contribution >= 4 is 11.7 Å². The molecule has 2 unspecified atom stereocenters. The highest BCUT2D eigenvalue weighted by atomic mass is 19.1. The molecule has 1 aromatic carbocycles. The van der Waals surface area contributed by atoms with Crippen LogP contribution in [0, 0.1) is 5.82 Å². The van der Waals surface area contributed by atoms with Crippen molar-refractivity contribution in [1.82, 2.24) is 5.32 Å². The Bertz CT molecular complexity index is 501. The summed E-state index contributed by atoms with van der Waals surface area (Å²) in [5, 5.41) is 12.6. The van der Waals surface area contributed by atoms with Gasteiger partial charge in [-0.15, -0.1) is 0 Å². The number of halogens is 1. The molecule has 2 rings (SSSR count). The van der Waals surface area contributed by atoms with Crippen molar-refractivity contribution in [3.63, 3.8) is 0 Å². The molecule has 0 heterocycles. The summed E-state index contributed by atoms with van der Waals surface area (Å²) in [6.45, 7) is 0. The van der Waals surface area contributed by atoms with Crippen molar-refractivity contribution in [3.05, 3.63) is 35.6 Å². The summed E-state index contributed by atoms with van der Waals surface area (Å²) in [4.78, 5) is 23.7. The van der Waals surface area contributed by atoms with E-state index in [1.165, 1.54) is 24.3 Å². The van der Waals surface area contributed by atoms with Crippen LogP contribution in [0.2, 0.25) is 0 Å². The third-order valence-corrected chi connectivity index (χ3v) is 3.82. The molecule has 1 aliphatic carbocycles. The maximum absolute atomic E-state index is 12.8. The van der Waals surface area contributed by atoms with Gasteiger partial charge in [0, 0.05) is 18.4 Å². The van der Waals surface area contributed by atoms with Crippen LogP contribution >= 0.6 is 0 Å². The first-order chi connectivity index (χ1) is 10.1. The van der Waals surface area contributed by atoms with Gasteiger partial charge in [-0.05, 0) is 37.1 Å². The minimum absolute atomic E-state index is 0.0828. The number of aliphatic hydroxyl groups is 1. The fourth-order valence-corrected chi connectivity index (χ4v) is 2.57.